The van der Waals surface area contributed by atoms with Crippen molar-refractivity contribution in [2.24, 2.45) is 10.9 Å². The number of guanidine groups is 1. The van der Waals surface area contributed by atoms with E-state index in [2.05, 4.69) is 27.3 Å². The third kappa shape index (κ3) is 8.93. The summed E-state index contributed by atoms with van der Waals surface area (Å²) in [6, 6.07) is 8.11. The Kier molecular flexibility index (Phi) is 13.2. The van der Waals surface area contributed by atoms with Crippen molar-refractivity contribution in [2.45, 2.75) is 13.0 Å². The molecule has 1 unspecified atom stereocenters. The van der Waals surface area contributed by atoms with Gasteiger partial charge < -0.3 is 29.2 Å². The van der Waals surface area contributed by atoms with E-state index in [1.54, 1.807) is 14.2 Å². The normalized spacial score (nSPS) is 16.8. The minimum absolute atomic E-state index is 0. The summed E-state index contributed by atoms with van der Waals surface area (Å²) in [6.07, 6.45) is 1.13. The van der Waals surface area contributed by atoms with Crippen molar-refractivity contribution in [3.63, 3.8) is 0 Å². The maximum Gasteiger partial charge on any atom is 0.193 e. The summed E-state index contributed by atoms with van der Waals surface area (Å²) in [6.45, 7) is 5.95. The van der Waals surface area contributed by atoms with E-state index in [1.165, 1.54) is 5.56 Å². The van der Waals surface area contributed by atoms with Crippen LogP contribution in [0, 0.1) is 5.92 Å². The van der Waals surface area contributed by atoms with E-state index in [1.807, 2.05) is 19.2 Å². The lowest BCUT2D eigenvalue weighted by Crippen LogP contribution is -2.39. The highest BCUT2D eigenvalue weighted by atomic mass is 127. The maximum atomic E-state index is 5.66. The van der Waals surface area contributed by atoms with Gasteiger partial charge in [0.25, 0.3) is 0 Å². The minimum Gasteiger partial charge on any atom is -0.491 e. The van der Waals surface area contributed by atoms with Gasteiger partial charge in [-0.15, -0.1) is 24.0 Å². The highest BCUT2D eigenvalue weighted by molar-refractivity contribution is 14.0. The first-order chi connectivity index (χ1) is 13.3. The quantitative estimate of drug-likeness (QED) is 0.215. The van der Waals surface area contributed by atoms with Crippen LogP contribution in [0.2, 0.25) is 0 Å². The van der Waals surface area contributed by atoms with Crippen LogP contribution in [0.1, 0.15) is 12.0 Å². The van der Waals surface area contributed by atoms with Gasteiger partial charge in [-0.05, 0) is 24.1 Å². The molecule has 2 rings (SSSR count). The Balaban J connectivity index is 0.00000392. The van der Waals surface area contributed by atoms with Crippen molar-refractivity contribution in [1.82, 2.24) is 10.2 Å². The van der Waals surface area contributed by atoms with Crippen LogP contribution < -0.4 is 10.1 Å². The highest BCUT2D eigenvalue weighted by Gasteiger charge is 2.24. The average Bonchev–Trinajstić information content (AvgIpc) is 3.16. The Labute approximate surface area is 185 Å². The summed E-state index contributed by atoms with van der Waals surface area (Å²) in [7, 11) is 5.19. The average molecular weight is 507 g/mol. The summed E-state index contributed by atoms with van der Waals surface area (Å²) in [5, 5.41) is 3.45. The van der Waals surface area contributed by atoms with Crippen LogP contribution in [-0.2, 0) is 20.8 Å². The van der Waals surface area contributed by atoms with E-state index in [-0.39, 0.29) is 24.0 Å². The zero-order chi connectivity index (χ0) is 19.3. The second-order valence-corrected chi connectivity index (χ2v) is 6.55. The summed E-state index contributed by atoms with van der Waals surface area (Å²) >= 11 is 0. The largest absolute Gasteiger partial charge is 0.491 e. The molecule has 1 heterocycles. The third-order valence-electron chi connectivity index (χ3n) is 4.51. The molecule has 0 bridgehead atoms. The fraction of sp³-hybridized carbons (Fsp3) is 0.650. The number of hydrogen-bond acceptors (Lipinski definition) is 5. The van der Waals surface area contributed by atoms with E-state index in [0.29, 0.717) is 32.3 Å². The number of hydrogen-bond donors (Lipinski definition) is 1. The van der Waals surface area contributed by atoms with Crippen LogP contribution in [0.5, 0.6) is 5.75 Å². The molecule has 0 aromatic heterocycles. The SMILES string of the molecule is CN=C(NCc1ccc(OCCOC)cc1)N1CCC(COCCOC)C1.I. The van der Waals surface area contributed by atoms with Crippen LogP contribution in [0.25, 0.3) is 0 Å². The van der Waals surface area contributed by atoms with Crippen LogP contribution in [0.4, 0.5) is 0 Å². The lowest BCUT2D eigenvalue weighted by molar-refractivity contribution is 0.0536. The summed E-state index contributed by atoms with van der Waals surface area (Å²) in [5.41, 5.74) is 1.19. The molecule has 1 atom stereocenters. The van der Waals surface area contributed by atoms with Crippen LogP contribution in [0.3, 0.4) is 0 Å². The first kappa shape index (κ1) is 24.9. The molecule has 7 nitrogen and oxygen atoms in total. The Bertz CT molecular complexity index is 557. The molecule has 1 fully saturated rings. The second kappa shape index (κ2) is 14.8. The first-order valence-electron chi connectivity index (χ1n) is 9.49. The van der Waals surface area contributed by atoms with Gasteiger partial charge in [-0.2, -0.15) is 0 Å². The molecule has 1 aromatic carbocycles. The van der Waals surface area contributed by atoms with Crippen molar-refractivity contribution in [3.8, 4) is 5.75 Å². The molecule has 0 aliphatic carbocycles. The zero-order valence-corrected chi connectivity index (χ0v) is 19.5. The molecule has 0 spiro atoms. The van der Waals surface area contributed by atoms with Crippen molar-refractivity contribution in [2.75, 3.05) is 67.4 Å². The van der Waals surface area contributed by atoms with Gasteiger partial charge >= 0.3 is 0 Å². The third-order valence-corrected chi connectivity index (χ3v) is 4.51. The number of benzene rings is 1. The molecule has 1 N–H and O–H groups in total. The number of halogens is 1. The van der Waals surface area contributed by atoms with Crippen molar-refractivity contribution < 1.29 is 18.9 Å². The molecule has 1 saturated heterocycles. The van der Waals surface area contributed by atoms with E-state index in [0.717, 1.165) is 44.4 Å². The van der Waals surface area contributed by atoms with Gasteiger partial charge in [-0.25, -0.2) is 0 Å². The van der Waals surface area contributed by atoms with E-state index >= 15 is 0 Å². The molecule has 0 amide bonds. The van der Waals surface area contributed by atoms with E-state index in [4.69, 9.17) is 18.9 Å². The lowest BCUT2D eigenvalue weighted by Gasteiger charge is -2.22. The molecule has 28 heavy (non-hydrogen) atoms. The molecular weight excluding hydrogens is 473 g/mol. The number of likely N-dealkylation sites (tertiary alicyclic amines) is 1. The first-order valence-corrected chi connectivity index (χ1v) is 9.49. The van der Waals surface area contributed by atoms with Gasteiger partial charge in [-0.3, -0.25) is 4.99 Å². The Morgan fingerprint density at radius 1 is 1.11 bits per heavy atom. The van der Waals surface area contributed by atoms with Crippen LogP contribution >= 0.6 is 24.0 Å². The molecule has 1 aliphatic rings. The van der Waals surface area contributed by atoms with E-state index < -0.39 is 0 Å². The summed E-state index contributed by atoms with van der Waals surface area (Å²) in [5.74, 6) is 2.34. The van der Waals surface area contributed by atoms with Gasteiger partial charge in [0, 0.05) is 46.8 Å². The predicted octanol–water partition coefficient (Wildman–Crippen LogP) is 2.39. The molecule has 1 aromatic rings. The molecular formula is C20H34IN3O4. The maximum absolute atomic E-state index is 5.66. The fourth-order valence-electron chi connectivity index (χ4n) is 3.01. The van der Waals surface area contributed by atoms with E-state index in [9.17, 15) is 0 Å². The molecule has 160 valence electrons. The molecule has 1 aliphatic heterocycles. The Morgan fingerprint density at radius 2 is 1.82 bits per heavy atom. The number of nitrogens with zero attached hydrogens (tertiary/aromatic N) is 2. The number of aliphatic imine (C=N–C) groups is 1. The smallest absolute Gasteiger partial charge is 0.193 e. The van der Waals surface area contributed by atoms with Crippen molar-refractivity contribution >= 4 is 29.9 Å². The molecule has 8 heteroatoms. The van der Waals surface area contributed by atoms with Gasteiger partial charge in [0.15, 0.2) is 5.96 Å². The van der Waals surface area contributed by atoms with Gasteiger partial charge in [0.1, 0.15) is 12.4 Å². The Hall–Kier alpha value is -1.10. The highest BCUT2D eigenvalue weighted by Crippen LogP contribution is 2.17. The van der Waals surface area contributed by atoms with Crippen molar-refractivity contribution in [1.29, 1.82) is 0 Å². The summed E-state index contributed by atoms with van der Waals surface area (Å²) in [4.78, 5) is 6.73. The summed E-state index contributed by atoms with van der Waals surface area (Å²) < 4.78 is 21.3. The fourth-order valence-corrected chi connectivity index (χ4v) is 3.01. The minimum atomic E-state index is 0. The second-order valence-electron chi connectivity index (χ2n) is 6.55. The van der Waals surface area contributed by atoms with Gasteiger partial charge in [-0.1, -0.05) is 12.1 Å². The zero-order valence-electron chi connectivity index (χ0n) is 17.2. The predicted molar refractivity (Wildman–Crippen MR) is 122 cm³/mol. The van der Waals surface area contributed by atoms with Crippen LogP contribution in [-0.4, -0.2) is 78.3 Å². The van der Waals surface area contributed by atoms with Crippen LogP contribution in [0.15, 0.2) is 29.3 Å². The monoisotopic (exact) mass is 507 g/mol. The van der Waals surface area contributed by atoms with Crippen molar-refractivity contribution in [3.05, 3.63) is 29.8 Å². The Morgan fingerprint density at radius 3 is 2.50 bits per heavy atom. The van der Waals surface area contributed by atoms with Gasteiger partial charge in [0.05, 0.1) is 26.4 Å². The molecule has 0 saturated carbocycles. The number of ether oxygens (including phenoxy) is 4. The number of methoxy groups -OCH3 is 2. The number of nitrogens with one attached hydrogen (secondary N) is 1. The standard InChI is InChI=1S/C20H33N3O4.HI/c1-21-20(23-9-8-18(15-23)16-26-12-10-24-2)22-14-17-4-6-19(7-5-17)27-13-11-25-3;/h4-7,18H,8-16H2,1-3H3,(H,21,22);1H. The lowest BCUT2D eigenvalue weighted by atomic mass is 10.1. The number of rotatable bonds is 11. The van der Waals surface area contributed by atoms with Gasteiger partial charge in [0.2, 0.25) is 0 Å². The molecule has 0 radical (unpaired) electrons. The topological polar surface area (TPSA) is 64.6 Å².